The first-order valence-electron chi connectivity index (χ1n) is 5.96. The number of ether oxygens (including phenoxy) is 1. The Morgan fingerprint density at radius 3 is 2.84 bits per heavy atom. The lowest BCUT2D eigenvalue weighted by Gasteiger charge is -2.06. The zero-order chi connectivity index (χ0) is 13.7. The highest BCUT2D eigenvalue weighted by atomic mass is 32.1. The van der Waals surface area contributed by atoms with Crippen LogP contribution in [0.3, 0.4) is 0 Å². The molecule has 2 rings (SSSR count). The minimum absolute atomic E-state index is 0.137. The van der Waals surface area contributed by atoms with Crippen LogP contribution < -0.4 is 15.8 Å². The lowest BCUT2D eigenvalue weighted by atomic mass is 10.5. The second-order valence-corrected chi connectivity index (χ2v) is 4.92. The van der Waals surface area contributed by atoms with Crippen LogP contribution in [0.1, 0.15) is 24.0 Å². The quantitative estimate of drug-likeness (QED) is 0.829. The molecule has 0 radical (unpaired) electrons. The molecule has 0 unspecified atom stereocenters. The smallest absolute Gasteiger partial charge is 0.323 e. The fourth-order valence-corrected chi connectivity index (χ4v) is 1.98. The highest BCUT2D eigenvalue weighted by Gasteiger charge is 2.06. The summed E-state index contributed by atoms with van der Waals surface area (Å²) in [5.74, 6) is 0.530. The van der Waals surface area contributed by atoms with Crippen molar-refractivity contribution in [3.8, 4) is 6.01 Å². The number of thiazole rings is 1. The van der Waals surface area contributed by atoms with Gasteiger partial charge in [0.25, 0.3) is 0 Å². The van der Waals surface area contributed by atoms with Crippen LogP contribution in [-0.2, 0) is 6.54 Å². The molecule has 0 saturated carbocycles. The van der Waals surface area contributed by atoms with Crippen molar-refractivity contribution in [3.05, 3.63) is 16.1 Å². The van der Waals surface area contributed by atoms with Gasteiger partial charge >= 0.3 is 6.01 Å². The number of nitrogens with zero attached hydrogens (tertiary/aromatic N) is 4. The second-order valence-electron chi connectivity index (χ2n) is 3.86. The van der Waals surface area contributed by atoms with Gasteiger partial charge in [0, 0.05) is 5.38 Å². The Morgan fingerprint density at radius 2 is 2.16 bits per heavy atom. The monoisotopic (exact) mass is 280 g/mol. The zero-order valence-electron chi connectivity index (χ0n) is 10.9. The van der Waals surface area contributed by atoms with Gasteiger partial charge in [-0.25, -0.2) is 4.98 Å². The third-order valence-electron chi connectivity index (χ3n) is 2.16. The van der Waals surface area contributed by atoms with Crippen LogP contribution in [0.4, 0.5) is 11.9 Å². The van der Waals surface area contributed by atoms with Gasteiger partial charge in [-0.3, -0.25) is 0 Å². The van der Waals surface area contributed by atoms with E-state index in [1.165, 1.54) is 0 Å². The van der Waals surface area contributed by atoms with Gasteiger partial charge < -0.3 is 15.8 Å². The maximum absolute atomic E-state index is 5.61. The van der Waals surface area contributed by atoms with Crippen LogP contribution in [0.2, 0.25) is 0 Å². The SMILES string of the molecule is CCCOc1nc(N)nc(NCc2csc(C)n2)n1. The average Bonchev–Trinajstić information content (AvgIpc) is 2.79. The van der Waals surface area contributed by atoms with Gasteiger partial charge in [0.2, 0.25) is 11.9 Å². The largest absolute Gasteiger partial charge is 0.463 e. The molecule has 0 saturated heterocycles. The molecule has 0 fully saturated rings. The van der Waals surface area contributed by atoms with Gasteiger partial charge in [0.15, 0.2) is 0 Å². The Labute approximate surface area is 115 Å². The number of rotatable bonds is 6. The summed E-state index contributed by atoms with van der Waals surface area (Å²) >= 11 is 1.60. The number of aromatic nitrogens is 4. The Balaban J connectivity index is 2.01. The van der Waals surface area contributed by atoms with Crippen LogP contribution >= 0.6 is 11.3 Å². The van der Waals surface area contributed by atoms with E-state index in [0.717, 1.165) is 17.1 Å². The Kier molecular flexibility index (Phi) is 4.45. The lowest BCUT2D eigenvalue weighted by molar-refractivity contribution is 0.292. The van der Waals surface area contributed by atoms with Crippen molar-refractivity contribution in [3.63, 3.8) is 0 Å². The predicted octanol–water partition coefficient (Wildman–Crippen LogP) is 1.62. The van der Waals surface area contributed by atoms with Gasteiger partial charge in [-0.05, 0) is 13.3 Å². The molecule has 0 spiro atoms. The third-order valence-corrected chi connectivity index (χ3v) is 2.98. The van der Waals surface area contributed by atoms with Crippen molar-refractivity contribution >= 4 is 23.2 Å². The average molecular weight is 280 g/mol. The van der Waals surface area contributed by atoms with Crippen molar-refractivity contribution in [1.82, 2.24) is 19.9 Å². The molecule has 0 aliphatic heterocycles. The molecule has 2 heterocycles. The molecular weight excluding hydrogens is 264 g/mol. The van der Waals surface area contributed by atoms with Crippen LogP contribution in [0.25, 0.3) is 0 Å². The van der Waals surface area contributed by atoms with E-state index in [4.69, 9.17) is 10.5 Å². The molecule has 8 heteroatoms. The fraction of sp³-hybridized carbons (Fsp3) is 0.455. The van der Waals surface area contributed by atoms with Crippen LogP contribution in [-0.4, -0.2) is 26.5 Å². The predicted molar refractivity (Wildman–Crippen MR) is 74.2 cm³/mol. The van der Waals surface area contributed by atoms with E-state index < -0.39 is 0 Å². The number of anilines is 2. The van der Waals surface area contributed by atoms with E-state index in [2.05, 4.69) is 25.3 Å². The summed E-state index contributed by atoms with van der Waals surface area (Å²) in [5, 5.41) is 6.07. The molecule has 0 aliphatic carbocycles. The second kappa shape index (κ2) is 6.28. The standard InChI is InChI=1S/C11H16N6OS/c1-3-4-18-11-16-9(12)15-10(17-11)13-5-8-6-19-7(2)14-8/h6H,3-5H2,1-2H3,(H3,12,13,15,16,17). The third kappa shape index (κ3) is 4.02. The molecule has 19 heavy (non-hydrogen) atoms. The number of hydrogen-bond donors (Lipinski definition) is 2. The van der Waals surface area contributed by atoms with Gasteiger partial charge in [0.1, 0.15) is 0 Å². The molecular formula is C11H16N6OS. The Morgan fingerprint density at radius 1 is 1.32 bits per heavy atom. The van der Waals surface area contributed by atoms with E-state index in [1.54, 1.807) is 11.3 Å². The molecule has 2 aromatic rings. The number of nitrogens with one attached hydrogen (secondary N) is 1. The molecule has 7 nitrogen and oxygen atoms in total. The summed E-state index contributed by atoms with van der Waals surface area (Å²) in [6.45, 7) is 5.06. The first-order valence-corrected chi connectivity index (χ1v) is 6.84. The minimum Gasteiger partial charge on any atom is -0.463 e. The van der Waals surface area contributed by atoms with Crippen LogP contribution in [0, 0.1) is 6.92 Å². The van der Waals surface area contributed by atoms with E-state index in [1.807, 2.05) is 19.2 Å². The molecule has 0 aliphatic rings. The summed E-state index contributed by atoms with van der Waals surface area (Å²) in [4.78, 5) is 16.4. The first kappa shape index (κ1) is 13.5. The number of nitrogens with two attached hydrogens (primary N) is 1. The summed E-state index contributed by atoms with van der Waals surface area (Å²) < 4.78 is 5.34. The van der Waals surface area contributed by atoms with Crippen molar-refractivity contribution in [2.75, 3.05) is 17.7 Å². The molecule has 0 bridgehead atoms. The number of aryl methyl sites for hydroxylation is 1. The number of nitrogen functional groups attached to an aromatic ring is 1. The highest BCUT2D eigenvalue weighted by Crippen LogP contribution is 2.12. The van der Waals surface area contributed by atoms with E-state index in [9.17, 15) is 0 Å². The maximum atomic E-state index is 5.61. The molecule has 0 amide bonds. The van der Waals surface area contributed by atoms with Crippen LogP contribution in [0.15, 0.2) is 5.38 Å². The normalized spacial score (nSPS) is 10.4. The minimum atomic E-state index is 0.137. The van der Waals surface area contributed by atoms with Crippen molar-refractivity contribution in [2.24, 2.45) is 0 Å². The van der Waals surface area contributed by atoms with Crippen LogP contribution in [0.5, 0.6) is 6.01 Å². The summed E-state index contributed by atoms with van der Waals surface area (Å²) in [7, 11) is 0. The van der Waals surface area contributed by atoms with Crippen molar-refractivity contribution < 1.29 is 4.74 Å². The molecule has 0 atom stereocenters. The molecule has 3 N–H and O–H groups in total. The van der Waals surface area contributed by atoms with E-state index in [0.29, 0.717) is 19.1 Å². The summed E-state index contributed by atoms with van der Waals surface area (Å²) in [5.41, 5.74) is 6.55. The van der Waals surface area contributed by atoms with Crippen molar-refractivity contribution in [1.29, 1.82) is 0 Å². The molecule has 2 aromatic heterocycles. The topological polar surface area (TPSA) is 98.8 Å². The van der Waals surface area contributed by atoms with E-state index in [-0.39, 0.29) is 12.0 Å². The summed E-state index contributed by atoms with van der Waals surface area (Å²) in [6, 6.07) is 0.242. The first-order chi connectivity index (χ1) is 9.17. The Bertz CT molecular complexity index is 544. The number of hydrogen-bond acceptors (Lipinski definition) is 8. The fourth-order valence-electron chi connectivity index (χ4n) is 1.37. The van der Waals surface area contributed by atoms with Crippen molar-refractivity contribution in [2.45, 2.75) is 26.8 Å². The van der Waals surface area contributed by atoms with Gasteiger partial charge in [-0.1, -0.05) is 6.92 Å². The van der Waals surface area contributed by atoms with Gasteiger partial charge in [-0.15, -0.1) is 11.3 Å². The van der Waals surface area contributed by atoms with E-state index >= 15 is 0 Å². The molecule has 0 aromatic carbocycles. The van der Waals surface area contributed by atoms with Gasteiger partial charge in [-0.2, -0.15) is 15.0 Å². The Hall–Kier alpha value is -1.96. The maximum Gasteiger partial charge on any atom is 0.323 e. The summed E-state index contributed by atoms with van der Waals surface area (Å²) in [6.07, 6.45) is 0.881. The lowest BCUT2D eigenvalue weighted by Crippen LogP contribution is -2.09. The molecule has 102 valence electrons. The highest BCUT2D eigenvalue weighted by molar-refractivity contribution is 7.09. The van der Waals surface area contributed by atoms with Gasteiger partial charge in [0.05, 0.1) is 23.9 Å². The zero-order valence-corrected chi connectivity index (χ0v) is 11.7.